The highest BCUT2D eigenvalue weighted by Crippen LogP contribution is 2.33. The molecule has 0 radical (unpaired) electrons. The third-order valence-corrected chi connectivity index (χ3v) is 7.82. The van der Waals surface area contributed by atoms with Crippen LogP contribution < -0.4 is 16.4 Å². The zero-order valence-electron chi connectivity index (χ0n) is 19.8. The van der Waals surface area contributed by atoms with Crippen LogP contribution in [0, 0.1) is 5.92 Å². The second kappa shape index (κ2) is 10.6. The summed E-state index contributed by atoms with van der Waals surface area (Å²) in [6.07, 6.45) is 7.38. The fourth-order valence-corrected chi connectivity index (χ4v) is 5.57. The first-order valence-corrected chi connectivity index (χ1v) is 13.1. The number of nitrogens with zero attached hydrogens (tertiary/aromatic N) is 3. The quantitative estimate of drug-likeness (QED) is 0.355. The van der Waals surface area contributed by atoms with Gasteiger partial charge in [0.2, 0.25) is 5.91 Å². The van der Waals surface area contributed by atoms with Gasteiger partial charge in [-0.05, 0) is 56.7 Å². The summed E-state index contributed by atoms with van der Waals surface area (Å²) in [6, 6.07) is 6.61. The van der Waals surface area contributed by atoms with E-state index in [9.17, 15) is 9.90 Å². The van der Waals surface area contributed by atoms with Crippen LogP contribution >= 0.6 is 11.3 Å². The number of benzene rings is 1. The van der Waals surface area contributed by atoms with Gasteiger partial charge in [0.15, 0.2) is 11.0 Å². The Morgan fingerprint density at radius 3 is 2.77 bits per heavy atom. The van der Waals surface area contributed by atoms with Crippen molar-refractivity contribution in [3.63, 3.8) is 0 Å². The van der Waals surface area contributed by atoms with E-state index in [0.717, 1.165) is 53.4 Å². The number of carbonyl (C=O) groups excluding carboxylic acids is 1. The number of rotatable bonds is 9. The van der Waals surface area contributed by atoms with Gasteiger partial charge in [0.25, 0.3) is 0 Å². The molecule has 3 aromatic rings. The standard InChI is InChI=1S/C25H32N6O3S/c1-14(10-26)29-18-7-16(8-18)24(33)31-25-30-19-6-5-15(9-22(19)35-25)17-11-27-23(28-12-17)13-34-21-4-2-3-20(21)32/h5-6,9,11-12,14,16,18,20-21,29,32H,2-4,7-8,10,13,26H2,1H3,(H,30,31,33)/t14-,16-,18+,20-,21-/m0/s1. The summed E-state index contributed by atoms with van der Waals surface area (Å²) < 4.78 is 6.76. The maximum Gasteiger partial charge on any atom is 0.229 e. The van der Waals surface area contributed by atoms with Crippen LogP contribution in [0.4, 0.5) is 5.13 Å². The lowest BCUT2D eigenvalue weighted by Crippen LogP contribution is -2.50. The molecule has 0 spiro atoms. The van der Waals surface area contributed by atoms with Gasteiger partial charge >= 0.3 is 0 Å². The van der Waals surface area contributed by atoms with E-state index in [1.807, 2.05) is 18.2 Å². The first-order chi connectivity index (χ1) is 17.0. The molecule has 0 saturated heterocycles. The molecule has 10 heteroatoms. The molecule has 0 aliphatic heterocycles. The zero-order chi connectivity index (χ0) is 24.4. The lowest BCUT2D eigenvalue weighted by molar-refractivity contribution is -0.123. The second-order valence-corrected chi connectivity index (χ2v) is 10.6. The molecule has 2 saturated carbocycles. The summed E-state index contributed by atoms with van der Waals surface area (Å²) in [4.78, 5) is 26.1. The van der Waals surface area contributed by atoms with Crippen LogP contribution in [0.3, 0.4) is 0 Å². The van der Waals surface area contributed by atoms with Crippen molar-refractivity contribution >= 4 is 32.6 Å². The van der Waals surface area contributed by atoms with E-state index < -0.39 is 0 Å². The molecule has 5 rings (SSSR count). The number of aromatic nitrogens is 3. The van der Waals surface area contributed by atoms with Gasteiger partial charge in [0, 0.05) is 42.5 Å². The van der Waals surface area contributed by atoms with Crippen LogP contribution in [-0.2, 0) is 16.1 Å². The average molecular weight is 497 g/mol. The number of fused-ring (bicyclic) bond motifs is 1. The molecule has 2 aliphatic carbocycles. The van der Waals surface area contributed by atoms with E-state index in [0.29, 0.717) is 30.1 Å². The van der Waals surface area contributed by atoms with Crippen molar-refractivity contribution in [1.29, 1.82) is 0 Å². The molecule has 0 unspecified atom stereocenters. The monoisotopic (exact) mass is 496 g/mol. The molecule has 2 fully saturated rings. The van der Waals surface area contributed by atoms with E-state index in [2.05, 4.69) is 32.5 Å². The van der Waals surface area contributed by atoms with Crippen LogP contribution in [0.15, 0.2) is 30.6 Å². The number of ether oxygens (including phenoxy) is 1. The summed E-state index contributed by atoms with van der Waals surface area (Å²) in [5, 5.41) is 16.9. The number of carbonyl (C=O) groups is 1. The van der Waals surface area contributed by atoms with Crippen LogP contribution in [0.25, 0.3) is 21.3 Å². The van der Waals surface area contributed by atoms with E-state index >= 15 is 0 Å². The predicted molar refractivity (Wildman–Crippen MR) is 136 cm³/mol. The molecule has 2 heterocycles. The van der Waals surface area contributed by atoms with Crippen LogP contribution in [-0.4, -0.2) is 56.8 Å². The smallest absolute Gasteiger partial charge is 0.229 e. The second-order valence-electron chi connectivity index (χ2n) is 9.60. The SMILES string of the molecule is C[C@@H](CN)N[C@H]1C[C@@H](C(=O)Nc2nc3ccc(-c4cnc(CO[C@H]5CCC[C@@H]5O)nc4)cc3s2)C1. The topological polar surface area (TPSA) is 135 Å². The molecular formula is C25H32N6O3S. The average Bonchev–Trinajstić information content (AvgIpc) is 3.44. The predicted octanol–water partition coefficient (Wildman–Crippen LogP) is 2.84. The third-order valence-electron chi connectivity index (χ3n) is 6.88. The van der Waals surface area contributed by atoms with Gasteiger partial charge in [-0.3, -0.25) is 4.79 Å². The van der Waals surface area contributed by atoms with Crippen molar-refractivity contribution in [2.75, 3.05) is 11.9 Å². The highest BCUT2D eigenvalue weighted by molar-refractivity contribution is 7.22. The maximum atomic E-state index is 12.6. The van der Waals surface area contributed by atoms with Gasteiger partial charge in [-0.1, -0.05) is 17.4 Å². The lowest BCUT2D eigenvalue weighted by Gasteiger charge is -2.36. The highest BCUT2D eigenvalue weighted by atomic mass is 32.1. The molecule has 3 atom stereocenters. The number of thiazole rings is 1. The van der Waals surface area contributed by atoms with E-state index in [1.165, 1.54) is 11.3 Å². The van der Waals surface area contributed by atoms with Gasteiger partial charge in [0.1, 0.15) is 6.61 Å². The Hall–Kier alpha value is -2.50. The zero-order valence-corrected chi connectivity index (χ0v) is 20.6. The minimum atomic E-state index is -0.386. The fraction of sp³-hybridized carbons (Fsp3) is 0.520. The molecule has 1 aromatic carbocycles. The molecule has 35 heavy (non-hydrogen) atoms. The van der Waals surface area contributed by atoms with E-state index in [-0.39, 0.29) is 30.1 Å². The fourth-order valence-electron chi connectivity index (χ4n) is 4.66. The molecule has 9 nitrogen and oxygen atoms in total. The minimum absolute atomic E-state index is 0.0108. The van der Waals surface area contributed by atoms with Crippen molar-refractivity contribution < 1.29 is 14.6 Å². The number of nitrogens with one attached hydrogen (secondary N) is 2. The Labute approximate surface area is 208 Å². The molecule has 2 aromatic heterocycles. The Kier molecular flexibility index (Phi) is 7.35. The normalized spacial score (nSPS) is 24.9. The Balaban J connectivity index is 1.18. The molecule has 186 valence electrons. The molecule has 2 aliphatic rings. The molecule has 1 amide bonds. The molecule has 0 bridgehead atoms. The number of anilines is 1. The minimum Gasteiger partial charge on any atom is -0.390 e. The summed E-state index contributed by atoms with van der Waals surface area (Å²) >= 11 is 1.47. The van der Waals surface area contributed by atoms with Gasteiger partial charge in [-0.25, -0.2) is 15.0 Å². The first kappa shape index (κ1) is 24.2. The van der Waals surface area contributed by atoms with Crippen molar-refractivity contribution in [3.05, 3.63) is 36.4 Å². The van der Waals surface area contributed by atoms with Crippen LogP contribution in [0.1, 0.15) is 44.9 Å². The van der Waals surface area contributed by atoms with Crippen molar-refractivity contribution in [3.8, 4) is 11.1 Å². The number of aliphatic hydroxyl groups excluding tert-OH is 1. The summed E-state index contributed by atoms with van der Waals surface area (Å²) in [5.41, 5.74) is 8.39. The number of hydrogen-bond acceptors (Lipinski definition) is 9. The Morgan fingerprint density at radius 2 is 2.06 bits per heavy atom. The largest absolute Gasteiger partial charge is 0.390 e. The number of hydrogen-bond donors (Lipinski definition) is 4. The summed E-state index contributed by atoms with van der Waals surface area (Å²) in [6.45, 7) is 2.95. The lowest BCUT2D eigenvalue weighted by atomic mass is 9.79. The molecule has 5 N–H and O–H groups in total. The Bertz CT molecular complexity index is 1160. The van der Waals surface area contributed by atoms with Gasteiger partial charge < -0.3 is 26.2 Å². The van der Waals surface area contributed by atoms with Gasteiger partial charge in [-0.15, -0.1) is 0 Å². The highest BCUT2D eigenvalue weighted by Gasteiger charge is 2.35. The van der Waals surface area contributed by atoms with E-state index in [1.54, 1.807) is 12.4 Å². The Morgan fingerprint density at radius 1 is 1.26 bits per heavy atom. The van der Waals surface area contributed by atoms with Crippen molar-refractivity contribution in [1.82, 2.24) is 20.3 Å². The number of amides is 1. The van der Waals surface area contributed by atoms with Crippen molar-refractivity contribution in [2.24, 2.45) is 11.7 Å². The molecular weight excluding hydrogens is 464 g/mol. The number of aliphatic hydroxyl groups is 1. The van der Waals surface area contributed by atoms with Gasteiger partial charge in [-0.2, -0.15) is 0 Å². The third kappa shape index (κ3) is 5.68. The van der Waals surface area contributed by atoms with Crippen LogP contribution in [0.5, 0.6) is 0 Å². The number of nitrogens with two attached hydrogens (primary N) is 1. The summed E-state index contributed by atoms with van der Waals surface area (Å²) in [5.74, 6) is 0.637. The van der Waals surface area contributed by atoms with Crippen molar-refractivity contribution in [2.45, 2.75) is 69.9 Å². The van der Waals surface area contributed by atoms with Crippen LogP contribution in [0.2, 0.25) is 0 Å². The first-order valence-electron chi connectivity index (χ1n) is 12.3. The van der Waals surface area contributed by atoms with E-state index in [4.69, 9.17) is 10.5 Å². The maximum absolute atomic E-state index is 12.6. The van der Waals surface area contributed by atoms with Gasteiger partial charge in [0.05, 0.1) is 22.4 Å². The summed E-state index contributed by atoms with van der Waals surface area (Å²) in [7, 11) is 0.